The van der Waals surface area contributed by atoms with E-state index in [1.807, 2.05) is 45.0 Å². The highest BCUT2D eigenvalue weighted by molar-refractivity contribution is 6.04. The largest absolute Gasteiger partial charge is 0.462 e. The zero-order chi connectivity index (χ0) is 13.1. The minimum absolute atomic E-state index is 0.261. The Balaban J connectivity index is 2.74. The molecule has 3 nitrogen and oxygen atoms in total. The molecule has 1 heterocycles. The Morgan fingerprint density at radius 1 is 1.28 bits per heavy atom. The molecule has 0 amide bonds. The smallest absolute Gasteiger partial charge is 0.339 e. The van der Waals surface area contributed by atoms with E-state index in [0.29, 0.717) is 12.2 Å². The average Bonchev–Trinajstić information content (AvgIpc) is 2.38. The Kier molecular flexibility index (Phi) is 3.60. The van der Waals surface area contributed by atoms with Gasteiger partial charge in [-0.2, -0.15) is 0 Å². The quantitative estimate of drug-likeness (QED) is 0.776. The number of esters is 1. The first kappa shape index (κ1) is 12.6. The summed E-state index contributed by atoms with van der Waals surface area (Å²) in [6.45, 7) is 6.18. The van der Waals surface area contributed by atoms with Crippen LogP contribution in [0.1, 0.15) is 35.5 Å². The fraction of sp³-hybridized carbons (Fsp3) is 0.333. The Morgan fingerprint density at radius 3 is 2.67 bits per heavy atom. The van der Waals surface area contributed by atoms with Gasteiger partial charge in [-0.05, 0) is 31.9 Å². The van der Waals surface area contributed by atoms with Crippen LogP contribution in [-0.4, -0.2) is 17.6 Å². The van der Waals surface area contributed by atoms with Crippen LogP contribution in [0.25, 0.3) is 10.9 Å². The van der Waals surface area contributed by atoms with Crippen LogP contribution in [0, 0.1) is 6.92 Å². The summed E-state index contributed by atoms with van der Waals surface area (Å²) in [7, 11) is 0. The number of benzene rings is 1. The van der Waals surface area contributed by atoms with Gasteiger partial charge in [0.15, 0.2) is 0 Å². The van der Waals surface area contributed by atoms with E-state index >= 15 is 0 Å². The minimum Gasteiger partial charge on any atom is -0.462 e. The van der Waals surface area contributed by atoms with E-state index in [1.54, 1.807) is 0 Å². The Labute approximate surface area is 107 Å². The average molecular weight is 243 g/mol. The molecule has 0 bridgehead atoms. The predicted octanol–water partition coefficient (Wildman–Crippen LogP) is 3.28. The van der Waals surface area contributed by atoms with Crippen molar-refractivity contribution in [3.8, 4) is 0 Å². The summed E-state index contributed by atoms with van der Waals surface area (Å²) in [6.07, 6.45) is 0.809. The molecule has 0 spiro atoms. The number of carbonyl (C=O) groups excluding carboxylic acids is 1. The van der Waals surface area contributed by atoms with E-state index in [1.165, 1.54) is 0 Å². The van der Waals surface area contributed by atoms with Crippen LogP contribution in [0.15, 0.2) is 24.3 Å². The lowest BCUT2D eigenvalue weighted by Gasteiger charge is -2.12. The van der Waals surface area contributed by atoms with E-state index in [0.717, 1.165) is 28.6 Å². The van der Waals surface area contributed by atoms with Gasteiger partial charge in [0.05, 0.1) is 17.7 Å². The number of pyridine rings is 1. The number of aromatic nitrogens is 1. The van der Waals surface area contributed by atoms with Crippen molar-refractivity contribution in [3.05, 3.63) is 41.1 Å². The maximum atomic E-state index is 12.1. The summed E-state index contributed by atoms with van der Waals surface area (Å²) in [4.78, 5) is 16.7. The Bertz CT molecular complexity index is 590. The van der Waals surface area contributed by atoms with Gasteiger partial charge in [-0.1, -0.05) is 25.1 Å². The number of aryl methyl sites for hydroxylation is 1. The molecule has 0 saturated carbocycles. The summed E-state index contributed by atoms with van der Waals surface area (Å²) >= 11 is 0. The van der Waals surface area contributed by atoms with Crippen LogP contribution < -0.4 is 0 Å². The monoisotopic (exact) mass is 243 g/mol. The number of carbonyl (C=O) groups is 1. The van der Waals surface area contributed by atoms with Crippen LogP contribution in [0.3, 0.4) is 0 Å². The van der Waals surface area contributed by atoms with Crippen molar-refractivity contribution in [1.82, 2.24) is 4.98 Å². The van der Waals surface area contributed by atoms with Crippen molar-refractivity contribution in [1.29, 1.82) is 0 Å². The zero-order valence-electron chi connectivity index (χ0n) is 11.0. The van der Waals surface area contributed by atoms with Gasteiger partial charge in [-0.25, -0.2) is 4.79 Å². The van der Waals surface area contributed by atoms with Crippen molar-refractivity contribution in [3.63, 3.8) is 0 Å². The van der Waals surface area contributed by atoms with E-state index in [2.05, 4.69) is 4.98 Å². The second-order valence-electron chi connectivity index (χ2n) is 4.15. The Hall–Kier alpha value is -1.90. The van der Waals surface area contributed by atoms with E-state index in [4.69, 9.17) is 4.74 Å². The highest BCUT2D eigenvalue weighted by Gasteiger charge is 2.17. The topological polar surface area (TPSA) is 39.2 Å². The molecule has 0 N–H and O–H groups in total. The number of rotatable bonds is 3. The molecule has 0 aliphatic heterocycles. The van der Waals surface area contributed by atoms with Crippen molar-refractivity contribution in [2.45, 2.75) is 27.2 Å². The molecule has 0 saturated heterocycles. The lowest BCUT2D eigenvalue weighted by Crippen LogP contribution is -2.10. The summed E-state index contributed by atoms with van der Waals surface area (Å²) in [5.74, 6) is -0.261. The van der Waals surface area contributed by atoms with Crippen LogP contribution >= 0.6 is 0 Å². The van der Waals surface area contributed by atoms with Crippen LogP contribution in [0.2, 0.25) is 0 Å². The lowest BCUT2D eigenvalue weighted by atomic mass is 10.0. The maximum Gasteiger partial charge on any atom is 0.339 e. The summed E-state index contributed by atoms with van der Waals surface area (Å²) < 4.78 is 5.15. The third-order valence-electron chi connectivity index (χ3n) is 3.05. The fourth-order valence-corrected chi connectivity index (χ4v) is 2.17. The molecule has 1 aromatic heterocycles. The van der Waals surface area contributed by atoms with Crippen LogP contribution in [0.5, 0.6) is 0 Å². The maximum absolute atomic E-state index is 12.1. The van der Waals surface area contributed by atoms with Gasteiger partial charge in [-0.15, -0.1) is 0 Å². The standard InChI is InChI=1S/C15H17NO2/c1-4-12-10(3)14(15(17)18-5-2)11-8-6-7-9-13(11)16-12/h6-9H,4-5H2,1-3H3. The molecule has 0 aliphatic rings. The molecule has 94 valence electrons. The van der Waals surface area contributed by atoms with Gasteiger partial charge in [0.2, 0.25) is 0 Å². The third-order valence-corrected chi connectivity index (χ3v) is 3.05. The van der Waals surface area contributed by atoms with Crippen molar-refractivity contribution >= 4 is 16.9 Å². The zero-order valence-corrected chi connectivity index (χ0v) is 11.0. The van der Waals surface area contributed by atoms with Gasteiger partial charge < -0.3 is 4.74 Å². The molecule has 2 aromatic rings. The lowest BCUT2D eigenvalue weighted by molar-refractivity contribution is 0.0527. The number of hydrogen-bond acceptors (Lipinski definition) is 3. The van der Waals surface area contributed by atoms with Gasteiger partial charge in [0, 0.05) is 11.1 Å². The van der Waals surface area contributed by atoms with E-state index < -0.39 is 0 Å². The first-order chi connectivity index (χ1) is 8.69. The third kappa shape index (κ3) is 2.08. The first-order valence-electron chi connectivity index (χ1n) is 6.24. The van der Waals surface area contributed by atoms with Crippen molar-refractivity contribution in [2.24, 2.45) is 0 Å². The molecule has 0 radical (unpaired) electrons. The number of hydrogen-bond donors (Lipinski definition) is 0. The van der Waals surface area contributed by atoms with E-state index in [9.17, 15) is 4.79 Å². The number of ether oxygens (including phenoxy) is 1. The van der Waals surface area contributed by atoms with Crippen LogP contribution in [-0.2, 0) is 11.2 Å². The van der Waals surface area contributed by atoms with Gasteiger partial charge in [0.25, 0.3) is 0 Å². The van der Waals surface area contributed by atoms with Gasteiger partial charge >= 0.3 is 5.97 Å². The van der Waals surface area contributed by atoms with Crippen LogP contribution in [0.4, 0.5) is 0 Å². The molecular formula is C15H17NO2. The molecule has 3 heteroatoms. The van der Waals surface area contributed by atoms with Gasteiger partial charge in [-0.3, -0.25) is 4.98 Å². The second kappa shape index (κ2) is 5.17. The highest BCUT2D eigenvalue weighted by Crippen LogP contribution is 2.24. The Morgan fingerprint density at radius 2 is 2.00 bits per heavy atom. The molecular weight excluding hydrogens is 226 g/mol. The molecule has 2 rings (SSSR count). The normalized spacial score (nSPS) is 10.6. The SMILES string of the molecule is CCOC(=O)c1c(C)c(CC)nc2ccccc12. The second-order valence-corrected chi connectivity index (χ2v) is 4.15. The predicted molar refractivity (Wildman–Crippen MR) is 71.8 cm³/mol. The molecule has 0 aliphatic carbocycles. The molecule has 1 aromatic carbocycles. The number of fused-ring (bicyclic) bond motifs is 1. The summed E-state index contributed by atoms with van der Waals surface area (Å²) in [6, 6.07) is 7.69. The fourth-order valence-electron chi connectivity index (χ4n) is 2.17. The minimum atomic E-state index is -0.261. The van der Waals surface area contributed by atoms with Crippen molar-refractivity contribution in [2.75, 3.05) is 6.61 Å². The number of nitrogens with zero attached hydrogens (tertiary/aromatic N) is 1. The molecule has 0 atom stereocenters. The number of para-hydroxylation sites is 1. The first-order valence-corrected chi connectivity index (χ1v) is 6.24. The van der Waals surface area contributed by atoms with Gasteiger partial charge in [0.1, 0.15) is 0 Å². The molecule has 0 fully saturated rings. The highest BCUT2D eigenvalue weighted by atomic mass is 16.5. The van der Waals surface area contributed by atoms with E-state index in [-0.39, 0.29) is 5.97 Å². The van der Waals surface area contributed by atoms with Crippen molar-refractivity contribution < 1.29 is 9.53 Å². The summed E-state index contributed by atoms with van der Waals surface area (Å²) in [5, 5.41) is 0.866. The summed E-state index contributed by atoms with van der Waals surface area (Å²) in [5.41, 5.74) is 3.38. The molecule has 0 unspecified atom stereocenters. The molecule has 18 heavy (non-hydrogen) atoms.